The number of hydrogen-bond acceptors (Lipinski definition) is 2. The highest BCUT2D eigenvalue weighted by Gasteiger charge is 2.19. The predicted octanol–water partition coefficient (Wildman–Crippen LogP) is 4.55. The summed E-state index contributed by atoms with van der Waals surface area (Å²) in [7, 11) is -1.38. The molecule has 1 fully saturated rings. The van der Waals surface area contributed by atoms with E-state index in [-0.39, 0.29) is 0 Å². The van der Waals surface area contributed by atoms with E-state index in [9.17, 15) is 4.21 Å². The molecule has 23 heavy (non-hydrogen) atoms. The third-order valence-electron chi connectivity index (χ3n) is 4.19. The maximum absolute atomic E-state index is 12.3. The highest BCUT2D eigenvalue weighted by Crippen LogP contribution is 2.34. The predicted molar refractivity (Wildman–Crippen MR) is 97.5 cm³/mol. The summed E-state index contributed by atoms with van der Waals surface area (Å²) in [5.74, 6) is 0.623. The standard InChI is InChI=1S/C18H21N3OS/c1-3-7-15(4-2)23(22)21-14-10-18-17(19-12-14)11-16(20-18)13-8-5-6-9-13/h3-4,7,10-13,20-21H,1-2,5-6,8-9H2/b15-7+. The summed E-state index contributed by atoms with van der Waals surface area (Å²) in [6.07, 6.45) is 11.6. The molecule has 0 saturated heterocycles. The number of allylic oxidation sites excluding steroid dienone is 3. The number of fused-ring (bicyclic) bond motifs is 1. The zero-order chi connectivity index (χ0) is 16.2. The highest BCUT2D eigenvalue weighted by atomic mass is 32.2. The fraction of sp³-hybridized carbons (Fsp3) is 0.278. The number of anilines is 1. The molecule has 0 bridgehead atoms. The van der Waals surface area contributed by atoms with E-state index in [1.165, 1.54) is 31.4 Å². The third-order valence-corrected chi connectivity index (χ3v) is 5.34. The van der Waals surface area contributed by atoms with Crippen molar-refractivity contribution in [2.45, 2.75) is 31.6 Å². The van der Waals surface area contributed by atoms with Gasteiger partial charge in [-0.3, -0.25) is 9.71 Å². The Balaban J connectivity index is 1.82. The van der Waals surface area contributed by atoms with E-state index in [4.69, 9.17) is 0 Å². The summed E-state index contributed by atoms with van der Waals surface area (Å²) in [6, 6.07) is 4.09. The van der Waals surface area contributed by atoms with Crippen LogP contribution in [-0.2, 0) is 11.0 Å². The average Bonchev–Trinajstić information content (AvgIpc) is 3.20. The van der Waals surface area contributed by atoms with Gasteiger partial charge in [-0.2, -0.15) is 0 Å². The molecule has 120 valence electrons. The number of rotatable bonds is 6. The largest absolute Gasteiger partial charge is 0.357 e. The van der Waals surface area contributed by atoms with Gasteiger partial charge in [0.25, 0.3) is 0 Å². The molecule has 1 atom stereocenters. The minimum atomic E-state index is -1.38. The van der Waals surface area contributed by atoms with E-state index in [1.54, 1.807) is 24.4 Å². The zero-order valence-electron chi connectivity index (χ0n) is 13.0. The molecule has 0 amide bonds. The molecule has 1 saturated carbocycles. The van der Waals surface area contributed by atoms with Crippen molar-refractivity contribution in [3.05, 3.63) is 60.3 Å². The first kappa shape index (κ1) is 15.7. The normalized spacial score (nSPS) is 17.3. The molecule has 4 nitrogen and oxygen atoms in total. The molecular formula is C18H21N3OS. The van der Waals surface area contributed by atoms with Crippen LogP contribution in [0.5, 0.6) is 0 Å². The summed E-state index contributed by atoms with van der Waals surface area (Å²) in [6.45, 7) is 7.28. The molecule has 1 aliphatic carbocycles. The SMILES string of the molecule is C=C/C=C(\C=C)S(=O)Nc1cnc2cc(C3CCCC3)[nH]c2c1. The number of nitrogens with one attached hydrogen (secondary N) is 2. The average molecular weight is 327 g/mol. The Morgan fingerprint density at radius 3 is 2.83 bits per heavy atom. The number of aromatic nitrogens is 2. The lowest BCUT2D eigenvalue weighted by molar-refractivity contribution is 0.690. The Morgan fingerprint density at radius 2 is 2.13 bits per heavy atom. The van der Waals surface area contributed by atoms with Crippen molar-refractivity contribution < 1.29 is 4.21 Å². The highest BCUT2D eigenvalue weighted by molar-refractivity contribution is 7.90. The van der Waals surface area contributed by atoms with Crippen LogP contribution >= 0.6 is 0 Å². The topological polar surface area (TPSA) is 57.8 Å². The molecular weight excluding hydrogens is 306 g/mol. The van der Waals surface area contributed by atoms with E-state index in [0.29, 0.717) is 16.5 Å². The minimum Gasteiger partial charge on any atom is -0.357 e. The van der Waals surface area contributed by atoms with E-state index in [0.717, 1.165) is 11.0 Å². The molecule has 2 N–H and O–H groups in total. The van der Waals surface area contributed by atoms with Crippen LogP contribution in [0, 0.1) is 0 Å². The fourth-order valence-corrected chi connectivity index (χ4v) is 3.84. The Morgan fingerprint density at radius 1 is 1.35 bits per heavy atom. The lowest BCUT2D eigenvalue weighted by Crippen LogP contribution is -2.05. The van der Waals surface area contributed by atoms with Gasteiger partial charge in [-0.05, 0) is 37.0 Å². The number of H-pyrrole nitrogens is 1. The maximum Gasteiger partial charge on any atom is 0.150 e. The minimum absolute atomic E-state index is 0.582. The second kappa shape index (κ2) is 6.96. The van der Waals surface area contributed by atoms with Crippen LogP contribution in [0.15, 0.2) is 54.6 Å². The van der Waals surface area contributed by atoms with Gasteiger partial charge in [0.2, 0.25) is 0 Å². The molecule has 2 aromatic heterocycles. The third kappa shape index (κ3) is 3.45. The summed E-state index contributed by atoms with van der Waals surface area (Å²) in [4.78, 5) is 8.51. The number of aromatic amines is 1. The van der Waals surface area contributed by atoms with Gasteiger partial charge in [-0.25, -0.2) is 4.21 Å². The van der Waals surface area contributed by atoms with Crippen LogP contribution in [0.3, 0.4) is 0 Å². The lowest BCUT2D eigenvalue weighted by Gasteiger charge is -2.06. The second-order valence-electron chi connectivity index (χ2n) is 5.74. The molecule has 0 aromatic carbocycles. The van der Waals surface area contributed by atoms with Gasteiger partial charge >= 0.3 is 0 Å². The van der Waals surface area contributed by atoms with Crippen molar-refractivity contribution in [1.82, 2.24) is 9.97 Å². The van der Waals surface area contributed by atoms with Gasteiger partial charge in [0.1, 0.15) is 11.0 Å². The summed E-state index contributed by atoms with van der Waals surface area (Å²) in [5.41, 5.74) is 3.91. The summed E-state index contributed by atoms with van der Waals surface area (Å²) in [5, 5.41) is 0. The lowest BCUT2D eigenvalue weighted by atomic mass is 10.1. The monoisotopic (exact) mass is 327 g/mol. The van der Waals surface area contributed by atoms with E-state index >= 15 is 0 Å². The van der Waals surface area contributed by atoms with Crippen molar-refractivity contribution in [3.63, 3.8) is 0 Å². The quantitative estimate of drug-likeness (QED) is 0.765. The Kier molecular flexibility index (Phi) is 4.76. The molecule has 2 aromatic rings. The number of nitrogens with zero attached hydrogens (tertiary/aromatic N) is 1. The molecule has 1 unspecified atom stereocenters. The van der Waals surface area contributed by atoms with Crippen molar-refractivity contribution >= 4 is 27.7 Å². The Bertz CT molecular complexity index is 785. The summed E-state index contributed by atoms with van der Waals surface area (Å²) >= 11 is 0. The van der Waals surface area contributed by atoms with Crippen molar-refractivity contribution in [2.75, 3.05) is 4.72 Å². The van der Waals surface area contributed by atoms with Crippen LogP contribution in [0.1, 0.15) is 37.3 Å². The van der Waals surface area contributed by atoms with Gasteiger partial charge in [-0.1, -0.05) is 38.2 Å². The van der Waals surface area contributed by atoms with E-state index in [2.05, 4.69) is 33.9 Å². The first-order valence-electron chi connectivity index (χ1n) is 7.83. The molecule has 1 aliphatic rings. The van der Waals surface area contributed by atoms with Crippen molar-refractivity contribution in [2.24, 2.45) is 0 Å². The molecule has 0 radical (unpaired) electrons. The van der Waals surface area contributed by atoms with Gasteiger partial charge < -0.3 is 4.98 Å². The van der Waals surface area contributed by atoms with Gasteiger partial charge in [0.05, 0.1) is 27.8 Å². The second-order valence-corrected chi connectivity index (χ2v) is 6.96. The van der Waals surface area contributed by atoms with Crippen LogP contribution < -0.4 is 4.72 Å². The van der Waals surface area contributed by atoms with Crippen molar-refractivity contribution in [3.8, 4) is 0 Å². The first-order chi connectivity index (χ1) is 11.2. The molecule has 0 spiro atoms. The number of pyridine rings is 1. The van der Waals surface area contributed by atoms with E-state index < -0.39 is 11.0 Å². The van der Waals surface area contributed by atoms with Gasteiger partial charge in [0.15, 0.2) is 0 Å². The van der Waals surface area contributed by atoms with Gasteiger partial charge in [-0.15, -0.1) is 0 Å². The molecule has 2 heterocycles. The molecule has 0 aliphatic heterocycles. The van der Waals surface area contributed by atoms with Crippen LogP contribution in [0.25, 0.3) is 11.0 Å². The molecule has 3 rings (SSSR count). The van der Waals surface area contributed by atoms with Gasteiger partial charge in [0, 0.05) is 5.69 Å². The smallest absolute Gasteiger partial charge is 0.150 e. The summed E-state index contributed by atoms with van der Waals surface area (Å²) < 4.78 is 15.2. The zero-order valence-corrected chi connectivity index (χ0v) is 13.9. The van der Waals surface area contributed by atoms with Crippen molar-refractivity contribution in [1.29, 1.82) is 0 Å². The maximum atomic E-state index is 12.3. The number of hydrogen-bond donors (Lipinski definition) is 2. The van der Waals surface area contributed by atoms with Crippen LogP contribution in [-0.4, -0.2) is 14.2 Å². The van der Waals surface area contributed by atoms with E-state index in [1.807, 2.05) is 6.07 Å². The Hall–Kier alpha value is -2.14. The fourth-order valence-electron chi connectivity index (χ4n) is 3.03. The first-order valence-corrected chi connectivity index (χ1v) is 8.98. The molecule has 5 heteroatoms. The van der Waals surface area contributed by atoms with Crippen LogP contribution in [0.2, 0.25) is 0 Å². The Labute approximate surface area is 139 Å². The van der Waals surface area contributed by atoms with Crippen LogP contribution in [0.4, 0.5) is 5.69 Å².